The number of hydrogen-bond acceptors (Lipinski definition) is 3. The number of rotatable bonds is 2. The lowest BCUT2D eigenvalue weighted by Crippen LogP contribution is -1.87. The third-order valence-corrected chi connectivity index (χ3v) is 4.02. The van der Waals surface area contributed by atoms with E-state index in [2.05, 4.69) is 55.2 Å². The van der Waals surface area contributed by atoms with E-state index in [9.17, 15) is 0 Å². The third kappa shape index (κ3) is 2.34. The molecule has 2 N–H and O–H groups in total. The van der Waals surface area contributed by atoms with E-state index in [0.717, 1.165) is 11.3 Å². The Balaban J connectivity index is 2.09. The summed E-state index contributed by atoms with van der Waals surface area (Å²) in [6, 6.07) is 13.1. The average molecular weight is 268 g/mol. The molecule has 2 aromatic carbocycles. The highest BCUT2D eigenvalue weighted by molar-refractivity contribution is 7.13. The van der Waals surface area contributed by atoms with Gasteiger partial charge >= 0.3 is 0 Å². The zero-order valence-electron chi connectivity index (χ0n) is 11.1. The maximum Gasteiger partial charge on any atom is 0.180 e. The first kappa shape index (κ1) is 12.2. The highest BCUT2D eigenvalue weighted by Crippen LogP contribution is 2.28. The van der Waals surface area contributed by atoms with E-state index in [4.69, 9.17) is 5.73 Å². The molecule has 0 aliphatic heterocycles. The lowest BCUT2D eigenvalue weighted by Gasteiger charge is -2.07. The minimum Gasteiger partial charge on any atom is -0.375 e. The van der Waals surface area contributed by atoms with Crippen LogP contribution in [0.15, 0.2) is 41.8 Å². The Morgan fingerprint density at radius 1 is 1.05 bits per heavy atom. The number of nitrogen functional groups attached to an aromatic ring is 1. The van der Waals surface area contributed by atoms with Crippen molar-refractivity contribution in [1.82, 2.24) is 4.98 Å². The van der Waals surface area contributed by atoms with Gasteiger partial charge < -0.3 is 5.73 Å². The Bertz CT molecular complexity index is 728. The molecule has 0 bridgehead atoms. The van der Waals surface area contributed by atoms with Gasteiger partial charge in [-0.1, -0.05) is 44.2 Å². The van der Waals surface area contributed by atoms with Gasteiger partial charge in [0.2, 0.25) is 0 Å². The first-order valence-electron chi connectivity index (χ1n) is 6.38. The standard InChI is InChI=1S/C16H16N2S/c1-10(2)11-3-4-13-8-14(6-5-12(13)7-11)15-9-19-16(17)18-15/h3-10H,1-2H3,(H2,17,18). The smallest absolute Gasteiger partial charge is 0.180 e. The van der Waals surface area contributed by atoms with Crippen molar-refractivity contribution < 1.29 is 0 Å². The quantitative estimate of drug-likeness (QED) is 0.733. The minimum atomic E-state index is 0.558. The van der Waals surface area contributed by atoms with Crippen LogP contribution in [-0.2, 0) is 0 Å². The van der Waals surface area contributed by atoms with Crippen LogP contribution in [0.5, 0.6) is 0 Å². The number of aromatic nitrogens is 1. The van der Waals surface area contributed by atoms with Crippen LogP contribution < -0.4 is 5.73 Å². The molecule has 3 heteroatoms. The summed E-state index contributed by atoms with van der Waals surface area (Å²) in [6.07, 6.45) is 0. The van der Waals surface area contributed by atoms with Crippen molar-refractivity contribution in [3.05, 3.63) is 47.3 Å². The van der Waals surface area contributed by atoms with Crippen LogP contribution in [0, 0.1) is 0 Å². The SMILES string of the molecule is CC(C)c1ccc2cc(-c3csc(N)n3)ccc2c1. The van der Waals surface area contributed by atoms with Crippen molar-refractivity contribution >= 4 is 27.2 Å². The van der Waals surface area contributed by atoms with Gasteiger partial charge in [0.25, 0.3) is 0 Å². The fourth-order valence-corrected chi connectivity index (χ4v) is 2.78. The fraction of sp³-hybridized carbons (Fsp3) is 0.188. The Kier molecular flexibility index (Phi) is 2.99. The van der Waals surface area contributed by atoms with Gasteiger partial charge in [0.1, 0.15) is 0 Å². The first-order chi connectivity index (χ1) is 9.13. The van der Waals surface area contributed by atoms with E-state index in [1.54, 1.807) is 0 Å². The summed E-state index contributed by atoms with van der Waals surface area (Å²) < 4.78 is 0. The summed E-state index contributed by atoms with van der Waals surface area (Å²) in [5, 5.41) is 5.13. The molecule has 0 fully saturated rings. The lowest BCUT2D eigenvalue weighted by molar-refractivity contribution is 0.869. The van der Waals surface area contributed by atoms with Crippen molar-refractivity contribution in [1.29, 1.82) is 0 Å². The molecule has 0 aliphatic carbocycles. The molecular formula is C16H16N2S. The molecule has 1 heterocycles. The zero-order valence-corrected chi connectivity index (χ0v) is 11.9. The zero-order chi connectivity index (χ0) is 13.4. The molecule has 0 aliphatic rings. The van der Waals surface area contributed by atoms with E-state index >= 15 is 0 Å². The fourth-order valence-electron chi connectivity index (χ4n) is 2.20. The van der Waals surface area contributed by atoms with Crippen molar-refractivity contribution in [2.45, 2.75) is 19.8 Å². The second kappa shape index (κ2) is 4.67. The molecule has 0 spiro atoms. The van der Waals surface area contributed by atoms with E-state index < -0.39 is 0 Å². The maximum atomic E-state index is 5.69. The lowest BCUT2D eigenvalue weighted by atomic mass is 9.98. The number of nitrogens with zero attached hydrogens (tertiary/aromatic N) is 1. The van der Waals surface area contributed by atoms with Crippen LogP contribution in [0.4, 0.5) is 5.13 Å². The summed E-state index contributed by atoms with van der Waals surface area (Å²) in [7, 11) is 0. The van der Waals surface area contributed by atoms with Crippen LogP contribution in [0.1, 0.15) is 25.3 Å². The Hall–Kier alpha value is -1.87. The van der Waals surface area contributed by atoms with Gasteiger partial charge in [-0.25, -0.2) is 4.98 Å². The molecular weight excluding hydrogens is 252 g/mol. The molecule has 0 saturated carbocycles. The molecule has 0 amide bonds. The first-order valence-corrected chi connectivity index (χ1v) is 7.26. The Morgan fingerprint density at radius 2 is 1.79 bits per heavy atom. The summed E-state index contributed by atoms with van der Waals surface area (Å²) in [6.45, 7) is 4.43. The monoisotopic (exact) mass is 268 g/mol. The molecule has 19 heavy (non-hydrogen) atoms. The van der Waals surface area contributed by atoms with Crippen LogP contribution >= 0.6 is 11.3 Å². The van der Waals surface area contributed by atoms with Gasteiger partial charge in [0, 0.05) is 10.9 Å². The van der Waals surface area contributed by atoms with Gasteiger partial charge in [0.05, 0.1) is 5.69 Å². The molecule has 3 aromatic rings. The normalized spacial score (nSPS) is 11.3. The number of fused-ring (bicyclic) bond motifs is 1. The summed E-state index contributed by atoms with van der Waals surface area (Å²) in [4.78, 5) is 4.33. The van der Waals surface area contributed by atoms with Crippen LogP contribution in [-0.4, -0.2) is 4.98 Å². The third-order valence-electron chi connectivity index (χ3n) is 3.35. The molecule has 2 nitrogen and oxygen atoms in total. The van der Waals surface area contributed by atoms with E-state index in [1.165, 1.54) is 27.7 Å². The van der Waals surface area contributed by atoms with Gasteiger partial charge in [-0.3, -0.25) is 0 Å². The van der Waals surface area contributed by atoms with Crippen LogP contribution in [0.25, 0.3) is 22.0 Å². The number of benzene rings is 2. The molecule has 3 rings (SSSR count). The number of nitrogens with two attached hydrogens (primary N) is 1. The number of hydrogen-bond donors (Lipinski definition) is 1. The number of anilines is 1. The maximum absolute atomic E-state index is 5.69. The average Bonchev–Trinajstić information content (AvgIpc) is 2.84. The van der Waals surface area contributed by atoms with Crippen molar-refractivity contribution in [2.75, 3.05) is 5.73 Å². The van der Waals surface area contributed by atoms with Crippen LogP contribution in [0.2, 0.25) is 0 Å². The largest absolute Gasteiger partial charge is 0.375 e. The second-order valence-corrected chi connectivity index (χ2v) is 5.94. The predicted molar refractivity (Wildman–Crippen MR) is 83.6 cm³/mol. The molecule has 96 valence electrons. The summed E-state index contributed by atoms with van der Waals surface area (Å²) in [5.74, 6) is 0.558. The highest BCUT2D eigenvalue weighted by Gasteiger charge is 2.05. The predicted octanol–water partition coefficient (Wildman–Crippen LogP) is 4.67. The van der Waals surface area contributed by atoms with Gasteiger partial charge in [0.15, 0.2) is 5.13 Å². The van der Waals surface area contributed by atoms with Gasteiger partial charge in [-0.15, -0.1) is 11.3 Å². The van der Waals surface area contributed by atoms with Crippen LogP contribution in [0.3, 0.4) is 0 Å². The Morgan fingerprint density at radius 3 is 2.47 bits per heavy atom. The molecule has 0 atom stereocenters. The topological polar surface area (TPSA) is 38.9 Å². The summed E-state index contributed by atoms with van der Waals surface area (Å²) >= 11 is 1.48. The molecule has 0 unspecified atom stereocenters. The minimum absolute atomic E-state index is 0.558. The van der Waals surface area contributed by atoms with Gasteiger partial charge in [-0.2, -0.15) is 0 Å². The van der Waals surface area contributed by atoms with Crippen molar-refractivity contribution in [2.24, 2.45) is 0 Å². The van der Waals surface area contributed by atoms with Crippen molar-refractivity contribution in [3.8, 4) is 11.3 Å². The van der Waals surface area contributed by atoms with Crippen molar-refractivity contribution in [3.63, 3.8) is 0 Å². The summed E-state index contributed by atoms with van der Waals surface area (Å²) in [5.41, 5.74) is 9.14. The highest BCUT2D eigenvalue weighted by atomic mass is 32.1. The van der Waals surface area contributed by atoms with Gasteiger partial charge in [-0.05, 0) is 28.3 Å². The number of thiazole rings is 1. The molecule has 0 saturated heterocycles. The van der Waals surface area contributed by atoms with E-state index in [-0.39, 0.29) is 0 Å². The Labute approximate surface area is 116 Å². The molecule has 1 aromatic heterocycles. The van der Waals surface area contributed by atoms with E-state index in [1.807, 2.05) is 5.38 Å². The van der Waals surface area contributed by atoms with E-state index in [0.29, 0.717) is 11.0 Å². The second-order valence-electron chi connectivity index (χ2n) is 5.05. The molecule has 0 radical (unpaired) electrons.